The number of rotatable bonds is 12. The van der Waals surface area contributed by atoms with Crippen molar-refractivity contribution >= 4 is 19.3 Å². The molecule has 7 heteroatoms. The SMILES string of the molecule is CCOC(=O)CCC(N=C(c1ccccc1)c1ccccc1)P(=O)(OCC)OCC. The number of nitrogens with zero attached hydrogens (tertiary/aromatic N) is 1. The van der Waals surface area contributed by atoms with Crippen molar-refractivity contribution in [2.24, 2.45) is 4.99 Å². The molecule has 1 unspecified atom stereocenters. The Kier molecular flexibility index (Phi) is 9.95. The normalized spacial score (nSPS) is 12.2. The topological polar surface area (TPSA) is 74.2 Å². The van der Waals surface area contributed by atoms with Crippen LogP contribution in [0, 0.1) is 0 Å². The average molecular weight is 431 g/mol. The highest BCUT2D eigenvalue weighted by molar-refractivity contribution is 7.54. The monoisotopic (exact) mass is 431 g/mol. The quantitative estimate of drug-likeness (QED) is 0.253. The first kappa shape index (κ1) is 24.0. The minimum Gasteiger partial charge on any atom is -0.466 e. The summed E-state index contributed by atoms with van der Waals surface area (Å²) in [4.78, 5) is 16.8. The van der Waals surface area contributed by atoms with Crippen LogP contribution in [0.15, 0.2) is 65.7 Å². The second kappa shape index (κ2) is 12.4. The number of hydrogen-bond donors (Lipinski definition) is 0. The van der Waals surface area contributed by atoms with E-state index in [1.165, 1.54) is 0 Å². The summed E-state index contributed by atoms with van der Waals surface area (Å²) < 4.78 is 29.8. The molecule has 2 rings (SSSR count). The highest BCUT2D eigenvalue weighted by Gasteiger charge is 2.36. The zero-order chi connectivity index (χ0) is 21.8. The molecule has 0 radical (unpaired) electrons. The molecule has 0 saturated carbocycles. The molecule has 2 aromatic rings. The van der Waals surface area contributed by atoms with Gasteiger partial charge in [0.25, 0.3) is 0 Å². The Hall–Kier alpha value is -2.27. The largest absolute Gasteiger partial charge is 0.466 e. The van der Waals surface area contributed by atoms with Gasteiger partial charge in [-0.15, -0.1) is 0 Å². The maximum Gasteiger partial charge on any atom is 0.354 e. The molecule has 0 aromatic heterocycles. The van der Waals surface area contributed by atoms with Gasteiger partial charge >= 0.3 is 13.6 Å². The van der Waals surface area contributed by atoms with Crippen molar-refractivity contribution in [3.63, 3.8) is 0 Å². The highest BCUT2D eigenvalue weighted by atomic mass is 31.2. The van der Waals surface area contributed by atoms with E-state index in [1.54, 1.807) is 20.8 Å². The first-order valence-electron chi connectivity index (χ1n) is 10.3. The molecule has 0 amide bonds. The molecule has 2 aromatic carbocycles. The van der Waals surface area contributed by atoms with Crippen LogP contribution >= 0.6 is 7.60 Å². The molecule has 0 spiro atoms. The Labute approximate surface area is 178 Å². The molecule has 0 saturated heterocycles. The van der Waals surface area contributed by atoms with E-state index < -0.39 is 13.4 Å². The number of esters is 1. The van der Waals surface area contributed by atoms with E-state index in [1.807, 2.05) is 60.7 Å². The first-order valence-corrected chi connectivity index (χ1v) is 11.9. The smallest absolute Gasteiger partial charge is 0.354 e. The lowest BCUT2D eigenvalue weighted by Gasteiger charge is -2.24. The lowest BCUT2D eigenvalue weighted by molar-refractivity contribution is -0.143. The van der Waals surface area contributed by atoms with Gasteiger partial charge < -0.3 is 13.8 Å². The Bertz CT molecular complexity index is 803. The molecule has 0 bridgehead atoms. The lowest BCUT2D eigenvalue weighted by Crippen LogP contribution is -2.17. The standard InChI is InChI=1S/C23H30NO5P/c1-4-27-22(25)18-17-21(30(26,28-5-2)29-6-3)24-23(19-13-9-7-10-14-19)20-15-11-8-12-16-20/h7-16,21H,4-6,17-18H2,1-3H3. The molecular weight excluding hydrogens is 401 g/mol. The summed E-state index contributed by atoms with van der Waals surface area (Å²) in [6.45, 7) is 5.99. The fraction of sp³-hybridized carbons (Fsp3) is 0.391. The van der Waals surface area contributed by atoms with Crippen LogP contribution in [0.25, 0.3) is 0 Å². The summed E-state index contributed by atoms with van der Waals surface area (Å²) in [6, 6.07) is 19.3. The molecule has 1 atom stereocenters. The molecule has 0 fully saturated rings. The molecular formula is C23H30NO5P. The molecule has 0 N–H and O–H groups in total. The van der Waals surface area contributed by atoms with Gasteiger partial charge in [0.2, 0.25) is 0 Å². The predicted molar refractivity (Wildman–Crippen MR) is 119 cm³/mol. The number of hydrogen-bond acceptors (Lipinski definition) is 6. The summed E-state index contributed by atoms with van der Waals surface area (Å²) in [5.74, 6) is -1.20. The van der Waals surface area contributed by atoms with E-state index in [4.69, 9.17) is 18.8 Å². The van der Waals surface area contributed by atoms with Crippen LogP contribution in [0.4, 0.5) is 0 Å². The summed E-state index contributed by atoms with van der Waals surface area (Å²) >= 11 is 0. The van der Waals surface area contributed by atoms with Crippen LogP contribution in [0.3, 0.4) is 0 Å². The Morgan fingerprint density at radius 2 is 1.37 bits per heavy atom. The van der Waals surface area contributed by atoms with E-state index in [0.717, 1.165) is 11.1 Å². The maximum atomic E-state index is 13.6. The summed E-state index contributed by atoms with van der Waals surface area (Å²) in [7, 11) is -3.59. The van der Waals surface area contributed by atoms with E-state index in [0.29, 0.717) is 12.3 Å². The highest BCUT2D eigenvalue weighted by Crippen LogP contribution is 2.55. The zero-order valence-electron chi connectivity index (χ0n) is 17.8. The maximum absolute atomic E-state index is 13.6. The minimum absolute atomic E-state index is 0.0724. The van der Waals surface area contributed by atoms with Crippen molar-refractivity contribution in [3.05, 3.63) is 71.8 Å². The van der Waals surface area contributed by atoms with Crippen LogP contribution in [0.5, 0.6) is 0 Å². The number of carbonyl (C=O) groups is 1. The van der Waals surface area contributed by atoms with Crippen LogP contribution in [-0.2, 0) is 23.1 Å². The number of benzene rings is 2. The van der Waals surface area contributed by atoms with Gasteiger partial charge in [0.1, 0.15) is 0 Å². The second-order valence-corrected chi connectivity index (χ2v) is 8.60. The molecule has 0 aliphatic carbocycles. The molecule has 0 heterocycles. The molecule has 0 aliphatic rings. The van der Waals surface area contributed by atoms with Gasteiger partial charge in [0.05, 0.1) is 25.5 Å². The third-order valence-electron chi connectivity index (χ3n) is 4.27. The number of ether oxygens (including phenoxy) is 1. The number of aliphatic imine (C=N–C) groups is 1. The van der Waals surface area contributed by atoms with Gasteiger partial charge in [-0.05, 0) is 27.2 Å². The fourth-order valence-corrected chi connectivity index (χ4v) is 4.84. The van der Waals surface area contributed by atoms with E-state index in [-0.39, 0.29) is 32.0 Å². The van der Waals surface area contributed by atoms with Gasteiger partial charge in [0.15, 0.2) is 5.78 Å². The van der Waals surface area contributed by atoms with Crippen LogP contribution in [0.2, 0.25) is 0 Å². The molecule has 30 heavy (non-hydrogen) atoms. The lowest BCUT2D eigenvalue weighted by atomic mass is 10.0. The van der Waals surface area contributed by atoms with Crippen LogP contribution in [-0.4, -0.2) is 37.3 Å². The summed E-state index contributed by atoms with van der Waals surface area (Å²) in [5, 5.41) is 0. The zero-order valence-corrected chi connectivity index (χ0v) is 18.7. The number of carbonyl (C=O) groups excluding carboxylic acids is 1. The van der Waals surface area contributed by atoms with E-state index >= 15 is 0 Å². The Balaban J connectivity index is 2.52. The van der Waals surface area contributed by atoms with Gasteiger partial charge in [0, 0.05) is 17.5 Å². The van der Waals surface area contributed by atoms with Crippen molar-refractivity contribution in [2.75, 3.05) is 19.8 Å². The third kappa shape index (κ3) is 6.91. The van der Waals surface area contributed by atoms with Crippen LogP contribution < -0.4 is 0 Å². The van der Waals surface area contributed by atoms with Gasteiger partial charge in [-0.25, -0.2) is 0 Å². The molecule has 0 aliphatic heterocycles. The van der Waals surface area contributed by atoms with Gasteiger partial charge in [-0.2, -0.15) is 0 Å². The summed E-state index contributed by atoms with van der Waals surface area (Å²) in [5.41, 5.74) is 2.43. The van der Waals surface area contributed by atoms with Crippen molar-refractivity contribution in [1.29, 1.82) is 0 Å². The fourth-order valence-electron chi connectivity index (χ4n) is 3.00. The minimum atomic E-state index is -3.59. The first-order chi connectivity index (χ1) is 14.5. The van der Waals surface area contributed by atoms with Crippen molar-refractivity contribution in [2.45, 2.75) is 39.4 Å². The van der Waals surface area contributed by atoms with Crippen LogP contribution in [0.1, 0.15) is 44.7 Å². The van der Waals surface area contributed by atoms with Crippen molar-refractivity contribution in [1.82, 2.24) is 0 Å². The van der Waals surface area contributed by atoms with Gasteiger partial charge in [-0.3, -0.25) is 14.4 Å². The van der Waals surface area contributed by atoms with Crippen molar-refractivity contribution in [3.8, 4) is 0 Å². The van der Waals surface area contributed by atoms with E-state index in [9.17, 15) is 9.36 Å². The second-order valence-electron chi connectivity index (χ2n) is 6.41. The Morgan fingerprint density at radius 1 is 0.867 bits per heavy atom. The van der Waals surface area contributed by atoms with Crippen molar-refractivity contribution < 1.29 is 23.1 Å². The van der Waals surface area contributed by atoms with E-state index in [2.05, 4.69) is 0 Å². The average Bonchev–Trinajstić information content (AvgIpc) is 2.75. The van der Waals surface area contributed by atoms with Gasteiger partial charge in [-0.1, -0.05) is 60.7 Å². The third-order valence-corrected chi connectivity index (χ3v) is 6.61. The predicted octanol–water partition coefficient (Wildman–Crippen LogP) is 5.46. The molecule has 6 nitrogen and oxygen atoms in total. The molecule has 162 valence electrons. The Morgan fingerprint density at radius 3 is 1.80 bits per heavy atom. The summed E-state index contributed by atoms with van der Waals surface area (Å²) in [6.07, 6.45) is 0.266.